The van der Waals surface area contributed by atoms with Gasteiger partial charge in [0.15, 0.2) is 0 Å². The zero-order valence-corrected chi connectivity index (χ0v) is 15.5. The van der Waals surface area contributed by atoms with E-state index in [1.807, 2.05) is 36.4 Å². The van der Waals surface area contributed by atoms with E-state index < -0.39 is 15.8 Å². The van der Waals surface area contributed by atoms with Crippen LogP contribution in [0.1, 0.15) is 5.56 Å². The third-order valence-corrected chi connectivity index (χ3v) is 5.91. The molecule has 0 N–H and O–H groups in total. The maximum atomic E-state index is 13.6. The van der Waals surface area contributed by atoms with E-state index in [0.717, 1.165) is 16.1 Å². The molecule has 3 rings (SSSR count). The van der Waals surface area contributed by atoms with E-state index in [4.69, 9.17) is 0 Å². The fourth-order valence-corrected chi connectivity index (χ4v) is 4.31. The van der Waals surface area contributed by atoms with Gasteiger partial charge in [0.05, 0.1) is 17.1 Å². The largest absolute Gasteiger partial charge is 0.264 e. The normalized spacial score (nSPS) is 11.3. The molecule has 0 bridgehead atoms. The number of anilines is 1. The van der Waals surface area contributed by atoms with Crippen molar-refractivity contribution < 1.29 is 12.8 Å². The zero-order valence-electron chi connectivity index (χ0n) is 13.1. The molecule has 0 saturated carbocycles. The van der Waals surface area contributed by atoms with Gasteiger partial charge in [0.1, 0.15) is 5.82 Å². The minimum absolute atomic E-state index is 0.0802. The van der Waals surface area contributed by atoms with Gasteiger partial charge in [-0.2, -0.15) is 0 Å². The average molecular weight is 420 g/mol. The Morgan fingerprint density at radius 2 is 1.60 bits per heavy atom. The van der Waals surface area contributed by atoms with E-state index in [9.17, 15) is 12.8 Å². The molecule has 0 amide bonds. The summed E-state index contributed by atoms with van der Waals surface area (Å²) in [5.74, 6) is -0.588. The lowest BCUT2D eigenvalue weighted by atomic mass is 10.2. The maximum Gasteiger partial charge on any atom is 0.264 e. The van der Waals surface area contributed by atoms with E-state index in [1.165, 1.54) is 22.5 Å². The number of nitrogens with zero attached hydrogens (tertiary/aromatic N) is 1. The van der Waals surface area contributed by atoms with Crippen molar-refractivity contribution in [3.8, 4) is 0 Å². The Bertz CT molecular complexity index is 977. The Labute approximate surface area is 154 Å². The van der Waals surface area contributed by atoms with E-state index in [-0.39, 0.29) is 11.4 Å². The van der Waals surface area contributed by atoms with Crippen LogP contribution < -0.4 is 4.31 Å². The molecular formula is C19H15BrFNO2S. The summed E-state index contributed by atoms with van der Waals surface area (Å²) in [7, 11) is -3.92. The molecule has 128 valence electrons. The predicted octanol–water partition coefficient (Wildman–Crippen LogP) is 4.98. The van der Waals surface area contributed by atoms with Crippen LogP contribution in [0.2, 0.25) is 0 Å². The highest BCUT2D eigenvalue weighted by molar-refractivity contribution is 9.10. The molecule has 3 aromatic carbocycles. The highest BCUT2D eigenvalue weighted by atomic mass is 79.9. The second kappa shape index (κ2) is 7.37. The van der Waals surface area contributed by atoms with Crippen LogP contribution in [-0.4, -0.2) is 8.42 Å². The fraction of sp³-hybridized carbons (Fsp3) is 0.0526. The quantitative estimate of drug-likeness (QED) is 0.584. The summed E-state index contributed by atoms with van der Waals surface area (Å²) < 4.78 is 41.9. The molecule has 0 aliphatic carbocycles. The molecule has 0 unspecified atom stereocenters. The number of hydrogen-bond acceptors (Lipinski definition) is 2. The number of halogens is 2. The lowest BCUT2D eigenvalue weighted by Gasteiger charge is -2.25. The molecule has 0 radical (unpaired) electrons. The minimum Gasteiger partial charge on any atom is -0.262 e. The Hall–Kier alpha value is -2.18. The molecule has 0 heterocycles. The van der Waals surface area contributed by atoms with Crippen molar-refractivity contribution in [1.82, 2.24) is 0 Å². The van der Waals surface area contributed by atoms with Crippen molar-refractivity contribution in [2.24, 2.45) is 0 Å². The van der Waals surface area contributed by atoms with E-state index in [2.05, 4.69) is 15.9 Å². The van der Waals surface area contributed by atoms with Gasteiger partial charge < -0.3 is 0 Å². The minimum atomic E-state index is -3.92. The number of benzene rings is 3. The molecule has 0 aliphatic rings. The van der Waals surface area contributed by atoms with Gasteiger partial charge in [-0.1, -0.05) is 58.4 Å². The Balaban J connectivity index is 2.10. The van der Waals surface area contributed by atoms with Gasteiger partial charge in [-0.3, -0.25) is 4.31 Å². The van der Waals surface area contributed by atoms with Gasteiger partial charge in [0.2, 0.25) is 0 Å². The number of sulfonamides is 1. The number of rotatable bonds is 5. The molecule has 0 fully saturated rings. The van der Waals surface area contributed by atoms with Crippen LogP contribution in [0.4, 0.5) is 10.1 Å². The first-order valence-electron chi connectivity index (χ1n) is 7.54. The number of hydrogen-bond donors (Lipinski definition) is 0. The molecule has 6 heteroatoms. The monoisotopic (exact) mass is 419 g/mol. The van der Waals surface area contributed by atoms with Crippen molar-refractivity contribution >= 4 is 31.6 Å². The van der Waals surface area contributed by atoms with Crippen molar-refractivity contribution in [1.29, 1.82) is 0 Å². The maximum absolute atomic E-state index is 13.6. The molecule has 0 atom stereocenters. The Morgan fingerprint density at radius 1 is 0.880 bits per heavy atom. The highest BCUT2D eigenvalue weighted by Gasteiger charge is 2.25. The second-order valence-corrected chi connectivity index (χ2v) is 8.21. The van der Waals surface area contributed by atoms with Crippen LogP contribution in [0, 0.1) is 5.82 Å². The second-order valence-electron chi connectivity index (χ2n) is 5.43. The lowest BCUT2D eigenvalue weighted by Crippen LogP contribution is -2.30. The van der Waals surface area contributed by atoms with E-state index >= 15 is 0 Å². The summed E-state index contributed by atoms with van der Waals surface area (Å²) in [5, 5.41) is 0. The van der Waals surface area contributed by atoms with Gasteiger partial charge in [0.25, 0.3) is 10.0 Å². The topological polar surface area (TPSA) is 37.4 Å². The molecular weight excluding hydrogens is 405 g/mol. The van der Waals surface area contributed by atoms with Crippen LogP contribution in [-0.2, 0) is 16.6 Å². The SMILES string of the molecule is O=S(=O)(c1cccc(F)c1)N(Cc1ccccc1)c1cccc(Br)c1. The Morgan fingerprint density at radius 3 is 2.28 bits per heavy atom. The molecule has 0 spiro atoms. The predicted molar refractivity (Wildman–Crippen MR) is 100 cm³/mol. The summed E-state index contributed by atoms with van der Waals surface area (Å²) in [4.78, 5) is -0.0802. The summed E-state index contributed by atoms with van der Waals surface area (Å²) in [6, 6.07) is 21.3. The van der Waals surface area contributed by atoms with Gasteiger partial charge in [-0.25, -0.2) is 12.8 Å². The zero-order chi connectivity index (χ0) is 17.9. The smallest absolute Gasteiger partial charge is 0.262 e. The summed E-state index contributed by atoms with van der Waals surface area (Å²) in [6.07, 6.45) is 0. The standard InChI is InChI=1S/C19H15BrFNO2S/c20-16-8-4-10-18(12-16)22(14-15-6-2-1-3-7-15)25(23,24)19-11-5-9-17(21)13-19/h1-13H,14H2. The average Bonchev–Trinajstić information content (AvgIpc) is 2.60. The first-order valence-corrected chi connectivity index (χ1v) is 9.78. The Kier molecular flexibility index (Phi) is 5.20. The highest BCUT2D eigenvalue weighted by Crippen LogP contribution is 2.28. The first kappa shape index (κ1) is 17.6. The lowest BCUT2D eigenvalue weighted by molar-refractivity contribution is 0.585. The van der Waals surface area contributed by atoms with Crippen LogP contribution in [0.25, 0.3) is 0 Å². The first-order chi connectivity index (χ1) is 12.0. The molecule has 3 nitrogen and oxygen atoms in total. The summed E-state index contributed by atoms with van der Waals surface area (Å²) in [5.41, 5.74) is 1.34. The van der Waals surface area contributed by atoms with Crippen molar-refractivity contribution in [3.63, 3.8) is 0 Å². The summed E-state index contributed by atoms with van der Waals surface area (Å²) >= 11 is 3.37. The molecule has 0 saturated heterocycles. The van der Waals surface area contributed by atoms with Gasteiger partial charge in [0, 0.05) is 4.47 Å². The van der Waals surface area contributed by atoms with Crippen LogP contribution in [0.3, 0.4) is 0 Å². The van der Waals surface area contributed by atoms with Crippen LogP contribution in [0.15, 0.2) is 88.2 Å². The van der Waals surface area contributed by atoms with Crippen molar-refractivity contribution in [3.05, 3.63) is 94.7 Å². The van der Waals surface area contributed by atoms with E-state index in [0.29, 0.717) is 5.69 Å². The van der Waals surface area contributed by atoms with Crippen LogP contribution >= 0.6 is 15.9 Å². The van der Waals surface area contributed by atoms with Crippen molar-refractivity contribution in [2.75, 3.05) is 4.31 Å². The third kappa shape index (κ3) is 4.08. The molecule has 3 aromatic rings. The van der Waals surface area contributed by atoms with E-state index in [1.54, 1.807) is 18.2 Å². The summed E-state index contributed by atoms with van der Waals surface area (Å²) in [6.45, 7) is 0.149. The van der Waals surface area contributed by atoms with Gasteiger partial charge >= 0.3 is 0 Å². The van der Waals surface area contributed by atoms with Crippen molar-refractivity contribution in [2.45, 2.75) is 11.4 Å². The molecule has 0 aliphatic heterocycles. The van der Waals surface area contributed by atoms with Gasteiger partial charge in [-0.15, -0.1) is 0 Å². The third-order valence-electron chi connectivity index (χ3n) is 3.65. The van der Waals surface area contributed by atoms with Crippen LogP contribution in [0.5, 0.6) is 0 Å². The molecule has 0 aromatic heterocycles. The fourth-order valence-electron chi connectivity index (χ4n) is 2.45. The molecule has 25 heavy (non-hydrogen) atoms. The van der Waals surface area contributed by atoms with Gasteiger partial charge in [-0.05, 0) is 42.0 Å².